The van der Waals surface area contributed by atoms with E-state index < -0.39 is 5.60 Å². The molecule has 1 saturated heterocycles. The molecule has 2 aliphatic rings. The van der Waals surface area contributed by atoms with Crippen molar-refractivity contribution in [1.82, 2.24) is 14.3 Å². The first-order chi connectivity index (χ1) is 14.8. The van der Waals surface area contributed by atoms with Crippen LogP contribution in [0.3, 0.4) is 0 Å². The quantitative estimate of drug-likeness (QED) is 0.589. The van der Waals surface area contributed by atoms with Crippen molar-refractivity contribution < 1.29 is 14.3 Å². The number of aromatic nitrogens is 2. The highest BCUT2D eigenvalue weighted by Crippen LogP contribution is 2.35. The Balaban J connectivity index is 1.24. The van der Waals surface area contributed by atoms with Crippen LogP contribution >= 0.6 is 11.8 Å². The number of piperidine rings is 1. The average molecular weight is 440 g/mol. The zero-order valence-electron chi connectivity index (χ0n) is 18.3. The zero-order valence-corrected chi connectivity index (χ0v) is 19.2. The number of rotatable bonds is 5. The summed E-state index contributed by atoms with van der Waals surface area (Å²) in [7, 11) is 0. The highest BCUT2D eigenvalue weighted by atomic mass is 32.2. The molecule has 7 heteroatoms. The normalized spacial score (nSPS) is 17.3. The summed E-state index contributed by atoms with van der Waals surface area (Å²) in [5.74, 6) is 0.625. The monoisotopic (exact) mass is 439 g/mol. The van der Waals surface area contributed by atoms with Crippen molar-refractivity contribution in [3.8, 4) is 0 Å². The average Bonchev–Trinajstić information content (AvgIpc) is 3.14. The second-order valence-corrected chi connectivity index (χ2v) is 10.2. The molecule has 2 aromatic rings. The van der Waals surface area contributed by atoms with E-state index in [0.29, 0.717) is 25.4 Å². The summed E-state index contributed by atoms with van der Waals surface area (Å²) in [4.78, 5) is 31.8. The van der Waals surface area contributed by atoms with Gasteiger partial charge in [-0.2, -0.15) is 0 Å². The third kappa shape index (κ3) is 5.39. The number of ether oxygens (including phenoxy) is 1. The van der Waals surface area contributed by atoms with Crippen molar-refractivity contribution in [1.29, 1.82) is 0 Å². The molecule has 2 aliphatic heterocycles. The predicted molar refractivity (Wildman–Crippen MR) is 123 cm³/mol. The van der Waals surface area contributed by atoms with Gasteiger partial charge in [0.1, 0.15) is 11.2 Å². The molecule has 164 valence electrons. The van der Waals surface area contributed by atoms with Crippen LogP contribution in [0.2, 0.25) is 0 Å². The van der Waals surface area contributed by atoms with Crippen LogP contribution in [0, 0.1) is 5.92 Å². The molecule has 0 atom stereocenters. The number of amides is 1. The summed E-state index contributed by atoms with van der Waals surface area (Å²) in [5, 5.41) is 1.11. The minimum absolute atomic E-state index is 0.147. The fraction of sp³-hybridized carbons (Fsp3) is 0.458. The van der Waals surface area contributed by atoms with Gasteiger partial charge in [0.2, 0.25) is 0 Å². The SMILES string of the molecule is CC(C)(C)OC(=O)N1CCC(CCC(=O)/C=C/C2=Cc3cnc4cccc(n34)S2)CC1. The topological polar surface area (TPSA) is 63.9 Å². The van der Waals surface area contributed by atoms with Crippen LogP contribution in [-0.2, 0) is 9.53 Å². The standard InChI is InChI=1S/C24H29N3O3S/c1-24(2,3)30-23(29)26-13-11-17(12-14-26)7-8-19(28)9-10-20-15-18-16-25-21-5-4-6-22(31-20)27(18)21/h4-6,9-10,15-17H,7-8,11-14H2,1-3H3/b10-9+. The fourth-order valence-electron chi connectivity index (χ4n) is 3.92. The molecular weight excluding hydrogens is 410 g/mol. The molecule has 0 aliphatic carbocycles. The number of carbonyl (C=O) groups is 2. The number of pyridine rings is 1. The van der Waals surface area contributed by atoms with Gasteiger partial charge in [0.25, 0.3) is 0 Å². The molecular formula is C24H29N3O3S. The lowest BCUT2D eigenvalue weighted by Gasteiger charge is -2.33. The van der Waals surface area contributed by atoms with Gasteiger partial charge in [-0.05, 0) is 76.3 Å². The van der Waals surface area contributed by atoms with Gasteiger partial charge < -0.3 is 9.64 Å². The second kappa shape index (κ2) is 8.91. The summed E-state index contributed by atoms with van der Waals surface area (Å²) in [6, 6.07) is 6.05. The molecule has 1 amide bonds. The van der Waals surface area contributed by atoms with Crippen LogP contribution < -0.4 is 0 Å². The highest BCUT2D eigenvalue weighted by Gasteiger charge is 2.26. The van der Waals surface area contributed by atoms with Crippen LogP contribution in [0.5, 0.6) is 0 Å². The van der Waals surface area contributed by atoms with E-state index in [2.05, 4.69) is 21.5 Å². The molecule has 31 heavy (non-hydrogen) atoms. The Labute approximate surface area is 187 Å². The minimum Gasteiger partial charge on any atom is -0.444 e. The molecule has 0 saturated carbocycles. The van der Waals surface area contributed by atoms with Crippen molar-refractivity contribution in [2.75, 3.05) is 13.1 Å². The predicted octanol–water partition coefficient (Wildman–Crippen LogP) is 5.33. The third-order valence-electron chi connectivity index (χ3n) is 5.53. The van der Waals surface area contributed by atoms with E-state index in [0.717, 1.165) is 40.5 Å². The van der Waals surface area contributed by atoms with Crippen LogP contribution in [0.25, 0.3) is 11.7 Å². The number of allylic oxidation sites excluding steroid dienone is 2. The van der Waals surface area contributed by atoms with Gasteiger partial charge >= 0.3 is 6.09 Å². The molecule has 6 nitrogen and oxygen atoms in total. The molecule has 4 rings (SSSR count). The number of nitrogens with zero attached hydrogens (tertiary/aromatic N) is 3. The van der Waals surface area contributed by atoms with Crippen molar-refractivity contribution >= 4 is 35.4 Å². The molecule has 0 aromatic carbocycles. The van der Waals surface area contributed by atoms with Crippen molar-refractivity contribution in [2.24, 2.45) is 5.92 Å². The number of thioether (sulfide) groups is 1. The Morgan fingerprint density at radius 1 is 1.26 bits per heavy atom. The Morgan fingerprint density at radius 3 is 2.77 bits per heavy atom. The van der Waals surface area contributed by atoms with Gasteiger partial charge in [-0.1, -0.05) is 17.8 Å². The molecule has 2 aromatic heterocycles. The molecule has 0 unspecified atom stereocenters. The molecule has 0 radical (unpaired) electrons. The van der Waals surface area contributed by atoms with Gasteiger partial charge in [-0.25, -0.2) is 9.78 Å². The molecule has 1 fully saturated rings. The highest BCUT2D eigenvalue weighted by molar-refractivity contribution is 8.03. The number of likely N-dealkylation sites (tertiary alicyclic amines) is 1. The number of hydrogen-bond acceptors (Lipinski definition) is 5. The Bertz CT molecular complexity index is 1040. The fourth-order valence-corrected chi connectivity index (χ4v) is 4.92. The van der Waals surface area contributed by atoms with Crippen LogP contribution in [0.1, 0.15) is 52.1 Å². The van der Waals surface area contributed by atoms with E-state index in [1.807, 2.05) is 45.2 Å². The summed E-state index contributed by atoms with van der Waals surface area (Å²) in [5.41, 5.74) is 1.51. The largest absolute Gasteiger partial charge is 0.444 e. The lowest BCUT2D eigenvalue weighted by atomic mass is 9.91. The minimum atomic E-state index is -0.467. The zero-order chi connectivity index (χ0) is 22.0. The maximum Gasteiger partial charge on any atom is 0.410 e. The first kappa shape index (κ1) is 21.7. The van der Waals surface area contributed by atoms with Crippen LogP contribution in [0.4, 0.5) is 4.79 Å². The summed E-state index contributed by atoms with van der Waals surface area (Å²) in [6.07, 6.45) is 10.5. The van der Waals surface area contributed by atoms with Gasteiger partial charge in [0.15, 0.2) is 5.78 Å². The lowest BCUT2D eigenvalue weighted by molar-refractivity contribution is -0.115. The van der Waals surface area contributed by atoms with Gasteiger partial charge in [-0.15, -0.1) is 0 Å². The lowest BCUT2D eigenvalue weighted by Crippen LogP contribution is -2.41. The third-order valence-corrected chi connectivity index (χ3v) is 6.55. The molecule has 4 heterocycles. The molecule has 0 spiro atoms. The van der Waals surface area contributed by atoms with E-state index in [9.17, 15) is 9.59 Å². The van der Waals surface area contributed by atoms with Gasteiger partial charge in [0, 0.05) is 24.4 Å². The Kier molecular flexibility index (Phi) is 6.23. The van der Waals surface area contributed by atoms with Crippen LogP contribution in [0.15, 0.2) is 46.5 Å². The number of imidazole rings is 1. The Hall–Kier alpha value is -2.54. The maximum absolute atomic E-state index is 12.4. The smallest absolute Gasteiger partial charge is 0.410 e. The van der Waals surface area contributed by atoms with Crippen molar-refractivity contribution in [3.05, 3.63) is 47.1 Å². The number of hydrogen-bond donors (Lipinski definition) is 0. The van der Waals surface area contributed by atoms with E-state index in [1.54, 1.807) is 22.7 Å². The summed E-state index contributed by atoms with van der Waals surface area (Å²) >= 11 is 1.64. The van der Waals surface area contributed by atoms with Crippen LogP contribution in [-0.4, -0.2) is 44.9 Å². The van der Waals surface area contributed by atoms with Crippen molar-refractivity contribution in [2.45, 2.75) is 57.1 Å². The van der Waals surface area contributed by atoms with E-state index in [-0.39, 0.29) is 11.9 Å². The summed E-state index contributed by atoms with van der Waals surface area (Å²) < 4.78 is 7.56. The summed E-state index contributed by atoms with van der Waals surface area (Å²) in [6.45, 7) is 7.05. The first-order valence-corrected chi connectivity index (χ1v) is 11.6. The Morgan fingerprint density at radius 2 is 2.03 bits per heavy atom. The van der Waals surface area contributed by atoms with Gasteiger partial charge in [-0.3, -0.25) is 9.20 Å². The second-order valence-electron chi connectivity index (χ2n) is 9.14. The molecule has 0 N–H and O–H groups in total. The van der Waals surface area contributed by atoms with Gasteiger partial charge in [0.05, 0.1) is 16.9 Å². The number of ketones is 1. The maximum atomic E-state index is 12.4. The molecule has 0 bridgehead atoms. The van der Waals surface area contributed by atoms with Crippen molar-refractivity contribution in [3.63, 3.8) is 0 Å². The van der Waals surface area contributed by atoms with E-state index >= 15 is 0 Å². The number of carbonyl (C=O) groups excluding carboxylic acids is 2. The van der Waals surface area contributed by atoms with E-state index in [4.69, 9.17) is 4.74 Å². The first-order valence-electron chi connectivity index (χ1n) is 10.8. The van der Waals surface area contributed by atoms with E-state index in [1.165, 1.54) is 0 Å².